The van der Waals surface area contributed by atoms with Crippen molar-refractivity contribution < 1.29 is 19.2 Å². The van der Waals surface area contributed by atoms with E-state index in [9.17, 15) is 9.59 Å². The van der Waals surface area contributed by atoms with E-state index >= 15 is 0 Å². The van der Waals surface area contributed by atoms with Crippen LogP contribution in [0.4, 0.5) is 0 Å². The van der Waals surface area contributed by atoms with Crippen molar-refractivity contribution in [3.05, 3.63) is 52.9 Å². The summed E-state index contributed by atoms with van der Waals surface area (Å²) in [6.45, 7) is 1.53. The second-order valence-electron chi connectivity index (χ2n) is 3.84. The van der Waals surface area contributed by atoms with E-state index in [4.69, 9.17) is 9.63 Å². The molecule has 0 aliphatic rings. The second-order valence-corrected chi connectivity index (χ2v) is 3.84. The third kappa shape index (κ3) is 2.29. The van der Waals surface area contributed by atoms with Crippen LogP contribution in [-0.2, 0) is 6.42 Å². The quantitative estimate of drug-likeness (QED) is 0.834. The van der Waals surface area contributed by atoms with Gasteiger partial charge in [0.2, 0.25) is 0 Å². The number of benzene rings is 1. The first kappa shape index (κ1) is 12.0. The van der Waals surface area contributed by atoms with Gasteiger partial charge in [0.1, 0.15) is 5.56 Å². The maximum absolute atomic E-state index is 11.9. The number of nitrogens with zero attached hydrogens (tertiary/aromatic N) is 1. The lowest BCUT2D eigenvalue weighted by Gasteiger charge is -1.99. The summed E-state index contributed by atoms with van der Waals surface area (Å²) in [5.41, 5.74) is 0.764. The van der Waals surface area contributed by atoms with E-state index in [1.165, 1.54) is 6.92 Å². The number of ketones is 1. The number of Topliss-reactive ketones (excluding diaryl/α,β-unsaturated/α-hetero) is 1. The minimum atomic E-state index is -1.13. The van der Waals surface area contributed by atoms with Gasteiger partial charge in [0, 0.05) is 5.56 Å². The summed E-state index contributed by atoms with van der Waals surface area (Å²) in [4.78, 5) is 22.9. The first-order chi connectivity index (χ1) is 8.59. The van der Waals surface area contributed by atoms with E-state index in [1.807, 2.05) is 0 Å². The Morgan fingerprint density at radius 2 is 1.94 bits per heavy atom. The predicted molar refractivity (Wildman–Crippen MR) is 62.7 cm³/mol. The van der Waals surface area contributed by atoms with E-state index in [0.717, 1.165) is 0 Å². The Balaban J connectivity index is 2.25. The molecule has 92 valence electrons. The molecule has 0 aliphatic heterocycles. The summed E-state index contributed by atoms with van der Waals surface area (Å²) in [5, 5.41) is 12.6. The molecular formula is C13H11NO4. The Labute approximate surface area is 103 Å². The van der Waals surface area contributed by atoms with Crippen LogP contribution in [0.15, 0.2) is 34.9 Å². The molecule has 0 saturated carbocycles. The summed E-state index contributed by atoms with van der Waals surface area (Å²) >= 11 is 0. The summed E-state index contributed by atoms with van der Waals surface area (Å²) < 4.78 is 4.90. The predicted octanol–water partition coefficient (Wildman–Crippen LogP) is 2.11. The molecule has 1 heterocycles. The molecule has 5 heteroatoms. The van der Waals surface area contributed by atoms with E-state index in [0.29, 0.717) is 5.56 Å². The molecule has 2 aromatic rings. The molecule has 0 unspecified atom stereocenters. The zero-order valence-corrected chi connectivity index (χ0v) is 9.71. The van der Waals surface area contributed by atoms with Crippen molar-refractivity contribution in [3.8, 4) is 0 Å². The van der Waals surface area contributed by atoms with Crippen LogP contribution in [-0.4, -0.2) is 22.0 Å². The fraction of sp³-hybridized carbons (Fsp3) is 0.154. The Hall–Kier alpha value is -2.43. The monoisotopic (exact) mass is 245 g/mol. The maximum Gasteiger partial charge on any atom is 0.341 e. The summed E-state index contributed by atoms with van der Waals surface area (Å²) in [7, 11) is 0. The number of hydrogen-bond donors (Lipinski definition) is 1. The largest absolute Gasteiger partial charge is 0.477 e. The number of aryl methyl sites for hydroxylation is 1. The lowest BCUT2D eigenvalue weighted by atomic mass is 10.0. The molecule has 0 saturated heterocycles. The molecule has 0 aliphatic carbocycles. The molecule has 1 aromatic heterocycles. The van der Waals surface area contributed by atoms with Crippen molar-refractivity contribution in [1.29, 1.82) is 0 Å². The van der Waals surface area contributed by atoms with Crippen molar-refractivity contribution in [2.24, 2.45) is 0 Å². The highest BCUT2D eigenvalue weighted by Gasteiger charge is 2.22. The number of hydrogen-bond acceptors (Lipinski definition) is 4. The SMILES string of the molecule is Cc1noc(CC(=O)c2ccccc2)c1C(=O)O. The van der Waals surface area contributed by atoms with Gasteiger partial charge in [0.05, 0.1) is 12.1 Å². The number of carboxylic acid groups (broad SMARTS) is 1. The summed E-state index contributed by atoms with van der Waals surface area (Å²) in [6, 6.07) is 8.64. The van der Waals surface area contributed by atoms with Crippen molar-refractivity contribution >= 4 is 11.8 Å². The minimum absolute atomic E-state index is 0.0284. The Morgan fingerprint density at radius 1 is 1.28 bits per heavy atom. The first-order valence-corrected chi connectivity index (χ1v) is 5.36. The highest BCUT2D eigenvalue weighted by atomic mass is 16.5. The highest BCUT2D eigenvalue weighted by molar-refractivity contribution is 5.99. The lowest BCUT2D eigenvalue weighted by molar-refractivity contribution is 0.0694. The normalized spacial score (nSPS) is 10.3. The average Bonchev–Trinajstić information content (AvgIpc) is 2.71. The minimum Gasteiger partial charge on any atom is -0.477 e. The number of carboxylic acids is 1. The van der Waals surface area contributed by atoms with E-state index < -0.39 is 5.97 Å². The molecular weight excluding hydrogens is 234 g/mol. The van der Waals surface area contributed by atoms with Gasteiger partial charge in [-0.2, -0.15) is 0 Å². The van der Waals surface area contributed by atoms with Crippen molar-refractivity contribution in [2.45, 2.75) is 13.3 Å². The van der Waals surface area contributed by atoms with Crippen LogP contribution in [0.5, 0.6) is 0 Å². The van der Waals surface area contributed by atoms with Crippen LogP contribution in [0.3, 0.4) is 0 Å². The topological polar surface area (TPSA) is 80.4 Å². The van der Waals surface area contributed by atoms with Crippen LogP contribution in [0, 0.1) is 6.92 Å². The molecule has 2 rings (SSSR count). The fourth-order valence-corrected chi connectivity index (χ4v) is 1.68. The molecule has 5 nitrogen and oxygen atoms in total. The number of aromatic nitrogens is 1. The van der Waals surface area contributed by atoms with Gasteiger partial charge in [0.25, 0.3) is 0 Å². The smallest absolute Gasteiger partial charge is 0.341 e. The molecule has 0 radical (unpaired) electrons. The Bertz CT molecular complexity index is 586. The van der Waals surface area contributed by atoms with Crippen LogP contribution in [0.25, 0.3) is 0 Å². The van der Waals surface area contributed by atoms with Crippen molar-refractivity contribution in [1.82, 2.24) is 5.16 Å². The molecule has 1 aromatic carbocycles. The average molecular weight is 245 g/mol. The Morgan fingerprint density at radius 3 is 2.56 bits per heavy atom. The standard InChI is InChI=1S/C13H11NO4/c1-8-12(13(16)17)11(18-14-8)7-10(15)9-5-3-2-4-6-9/h2-6H,7H2,1H3,(H,16,17). The lowest BCUT2D eigenvalue weighted by Crippen LogP contribution is -2.07. The Kier molecular flexibility index (Phi) is 3.23. The van der Waals surface area contributed by atoms with Crippen molar-refractivity contribution in [3.63, 3.8) is 0 Å². The zero-order valence-electron chi connectivity index (χ0n) is 9.71. The molecule has 0 bridgehead atoms. The van der Waals surface area contributed by atoms with Gasteiger partial charge >= 0.3 is 5.97 Å². The van der Waals surface area contributed by atoms with Gasteiger partial charge in [-0.05, 0) is 6.92 Å². The van der Waals surface area contributed by atoms with Crippen LogP contribution < -0.4 is 0 Å². The van der Waals surface area contributed by atoms with Gasteiger partial charge in [-0.3, -0.25) is 4.79 Å². The van der Waals surface area contributed by atoms with Crippen LogP contribution >= 0.6 is 0 Å². The third-order valence-electron chi connectivity index (χ3n) is 2.56. The van der Waals surface area contributed by atoms with E-state index in [-0.39, 0.29) is 29.2 Å². The number of aromatic carboxylic acids is 1. The number of carbonyl (C=O) groups is 2. The van der Waals surface area contributed by atoms with Gasteiger partial charge in [-0.1, -0.05) is 35.5 Å². The summed E-state index contributed by atoms with van der Waals surface area (Å²) in [6.07, 6.45) is -0.105. The molecule has 0 spiro atoms. The number of rotatable bonds is 4. The second kappa shape index (κ2) is 4.83. The first-order valence-electron chi connectivity index (χ1n) is 5.36. The molecule has 1 N–H and O–H groups in total. The highest BCUT2D eigenvalue weighted by Crippen LogP contribution is 2.16. The third-order valence-corrected chi connectivity index (χ3v) is 2.56. The molecule has 0 amide bonds. The number of carbonyl (C=O) groups excluding carboxylic acids is 1. The van der Waals surface area contributed by atoms with Gasteiger partial charge < -0.3 is 9.63 Å². The molecule has 0 fully saturated rings. The van der Waals surface area contributed by atoms with E-state index in [2.05, 4.69) is 5.16 Å². The van der Waals surface area contributed by atoms with Gasteiger partial charge in [0.15, 0.2) is 11.5 Å². The van der Waals surface area contributed by atoms with Crippen LogP contribution in [0.2, 0.25) is 0 Å². The fourth-order valence-electron chi connectivity index (χ4n) is 1.68. The van der Waals surface area contributed by atoms with Gasteiger partial charge in [-0.25, -0.2) is 4.79 Å². The van der Waals surface area contributed by atoms with Crippen LogP contribution in [0.1, 0.15) is 32.2 Å². The molecule has 18 heavy (non-hydrogen) atoms. The zero-order chi connectivity index (χ0) is 13.1. The van der Waals surface area contributed by atoms with E-state index in [1.54, 1.807) is 30.3 Å². The maximum atomic E-state index is 11.9. The molecule has 0 atom stereocenters. The summed E-state index contributed by atoms with van der Waals surface area (Å²) in [5.74, 6) is -1.24. The van der Waals surface area contributed by atoms with Crippen molar-refractivity contribution in [2.75, 3.05) is 0 Å². The van der Waals surface area contributed by atoms with Gasteiger partial charge in [-0.15, -0.1) is 0 Å².